The van der Waals surface area contributed by atoms with Gasteiger partial charge in [-0.05, 0) is 34.2 Å². The van der Waals surface area contributed by atoms with Gasteiger partial charge < -0.3 is 5.11 Å². The third kappa shape index (κ3) is 1.91. The molecular weight excluding hydrogens is 230 g/mol. The minimum atomic E-state index is 0.222. The third-order valence-electron chi connectivity index (χ3n) is 2.54. The van der Waals surface area contributed by atoms with Crippen molar-refractivity contribution in [2.24, 2.45) is 0 Å². The van der Waals surface area contributed by atoms with Crippen molar-refractivity contribution in [1.82, 2.24) is 25.6 Å². The molecule has 0 saturated heterocycles. The molecule has 6 nitrogen and oxygen atoms in total. The predicted octanol–water partition coefficient (Wildman–Crippen LogP) is 1.63. The van der Waals surface area contributed by atoms with Crippen molar-refractivity contribution in [2.45, 2.75) is 0 Å². The summed E-state index contributed by atoms with van der Waals surface area (Å²) in [5, 5.41) is 23.0. The number of nitrogens with one attached hydrogen (secondary N) is 1. The molecule has 0 radical (unpaired) electrons. The Balaban J connectivity index is 2.06. The van der Waals surface area contributed by atoms with Crippen LogP contribution in [0.1, 0.15) is 0 Å². The Labute approximate surface area is 102 Å². The molecule has 1 aromatic carbocycles. The highest BCUT2D eigenvalue weighted by Gasteiger charge is 2.05. The Morgan fingerprint density at radius 1 is 1.00 bits per heavy atom. The Hall–Kier alpha value is -2.76. The first kappa shape index (κ1) is 10.4. The molecule has 0 aliphatic rings. The van der Waals surface area contributed by atoms with Gasteiger partial charge in [-0.1, -0.05) is 12.1 Å². The van der Waals surface area contributed by atoms with Crippen LogP contribution >= 0.6 is 0 Å². The topological polar surface area (TPSA) is 87.6 Å². The van der Waals surface area contributed by atoms with E-state index in [1.54, 1.807) is 30.6 Å². The maximum atomic E-state index is 9.47. The second kappa shape index (κ2) is 4.25. The van der Waals surface area contributed by atoms with Crippen molar-refractivity contribution >= 4 is 0 Å². The van der Waals surface area contributed by atoms with Crippen molar-refractivity contribution in [3.8, 4) is 28.3 Å². The molecule has 2 aromatic heterocycles. The summed E-state index contributed by atoms with van der Waals surface area (Å²) in [6.07, 6.45) is 3.40. The number of aromatic nitrogens is 5. The maximum absolute atomic E-state index is 9.47. The SMILES string of the molecule is Oc1cccc(-c2cncc(-c3nnn[nH]3)c2)c1. The molecule has 0 fully saturated rings. The van der Waals surface area contributed by atoms with E-state index in [1.807, 2.05) is 12.1 Å². The number of rotatable bonds is 2. The summed E-state index contributed by atoms with van der Waals surface area (Å²) in [6.45, 7) is 0. The van der Waals surface area contributed by atoms with E-state index >= 15 is 0 Å². The van der Waals surface area contributed by atoms with Crippen LogP contribution in [0.2, 0.25) is 0 Å². The van der Waals surface area contributed by atoms with Gasteiger partial charge >= 0.3 is 0 Å². The van der Waals surface area contributed by atoms with E-state index in [2.05, 4.69) is 25.6 Å². The van der Waals surface area contributed by atoms with Crippen LogP contribution in [0.3, 0.4) is 0 Å². The van der Waals surface area contributed by atoms with Gasteiger partial charge in [0.2, 0.25) is 0 Å². The third-order valence-corrected chi connectivity index (χ3v) is 2.54. The molecule has 0 aliphatic heterocycles. The van der Waals surface area contributed by atoms with E-state index in [4.69, 9.17) is 0 Å². The molecule has 0 saturated carbocycles. The quantitative estimate of drug-likeness (QED) is 0.709. The lowest BCUT2D eigenvalue weighted by Gasteiger charge is -2.03. The molecule has 0 atom stereocenters. The van der Waals surface area contributed by atoms with Crippen molar-refractivity contribution in [3.63, 3.8) is 0 Å². The number of benzene rings is 1. The Bertz CT molecular complexity index is 666. The van der Waals surface area contributed by atoms with Crippen LogP contribution in [0.25, 0.3) is 22.5 Å². The van der Waals surface area contributed by atoms with E-state index in [0.717, 1.165) is 16.7 Å². The lowest BCUT2D eigenvalue weighted by molar-refractivity contribution is 0.475. The zero-order chi connectivity index (χ0) is 12.4. The number of H-pyrrole nitrogens is 1. The molecule has 3 aromatic rings. The standard InChI is InChI=1S/C12H9N5O/c18-11-3-1-2-8(5-11)9-4-10(7-13-6-9)12-14-16-17-15-12/h1-7,18H,(H,14,15,16,17). The van der Waals surface area contributed by atoms with Crippen LogP contribution in [-0.4, -0.2) is 30.7 Å². The van der Waals surface area contributed by atoms with Gasteiger partial charge in [0, 0.05) is 23.5 Å². The molecular formula is C12H9N5O. The Morgan fingerprint density at radius 2 is 1.89 bits per heavy atom. The van der Waals surface area contributed by atoms with Crippen LogP contribution in [0.15, 0.2) is 42.7 Å². The van der Waals surface area contributed by atoms with Crippen LogP contribution in [0.5, 0.6) is 5.75 Å². The van der Waals surface area contributed by atoms with Gasteiger partial charge in [-0.2, -0.15) is 0 Å². The lowest BCUT2D eigenvalue weighted by Crippen LogP contribution is -1.86. The average Bonchev–Trinajstić information content (AvgIpc) is 2.93. The number of aromatic amines is 1. The number of pyridine rings is 1. The minimum absolute atomic E-state index is 0.222. The van der Waals surface area contributed by atoms with Gasteiger partial charge in [-0.15, -0.1) is 5.10 Å². The molecule has 0 spiro atoms. The first-order valence-corrected chi connectivity index (χ1v) is 5.31. The monoisotopic (exact) mass is 239 g/mol. The van der Waals surface area contributed by atoms with Crippen LogP contribution in [-0.2, 0) is 0 Å². The first-order valence-electron chi connectivity index (χ1n) is 5.31. The lowest BCUT2D eigenvalue weighted by atomic mass is 10.1. The average molecular weight is 239 g/mol. The highest BCUT2D eigenvalue weighted by atomic mass is 16.3. The van der Waals surface area contributed by atoms with Gasteiger partial charge in [0.05, 0.1) is 0 Å². The number of tetrazole rings is 1. The number of hydrogen-bond acceptors (Lipinski definition) is 5. The summed E-state index contributed by atoms with van der Waals surface area (Å²) in [7, 11) is 0. The molecule has 18 heavy (non-hydrogen) atoms. The summed E-state index contributed by atoms with van der Waals surface area (Å²) in [5.74, 6) is 0.781. The van der Waals surface area contributed by atoms with Gasteiger partial charge in [0.15, 0.2) is 5.82 Å². The van der Waals surface area contributed by atoms with Crippen molar-refractivity contribution in [2.75, 3.05) is 0 Å². The van der Waals surface area contributed by atoms with E-state index in [-0.39, 0.29) is 5.75 Å². The number of aromatic hydroxyl groups is 1. The second-order valence-corrected chi connectivity index (χ2v) is 3.76. The molecule has 6 heteroatoms. The predicted molar refractivity (Wildman–Crippen MR) is 64.5 cm³/mol. The van der Waals surface area contributed by atoms with Gasteiger partial charge in [0.1, 0.15) is 5.75 Å². The number of phenols is 1. The van der Waals surface area contributed by atoms with Crippen molar-refractivity contribution in [1.29, 1.82) is 0 Å². The number of nitrogens with zero attached hydrogens (tertiary/aromatic N) is 4. The largest absolute Gasteiger partial charge is 0.508 e. The molecule has 0 aliphatic carbocycles. The normalized spacial score (nSPS) is 10.4. The highest BCUT2D eigenvalue weighted by molar-refractivity contribution is 5.69. The summed E-state index contributed by atoms with van der Waals surface area (Å²) in [4.78, 5) is 4.15. The smallest absolute Gasteiger partial charge is 0.180 e. The maximum Gasteiger partial charge on any atom is 0.180 e. The summed E-state index contributed by atoms with van der Waals surface area (Å²) in [6, 6.07) is 8.90. The first-order chi connectivity index (χ1) is 8.83. The van der Waals surface area contributed by atoms with Crippen molar-refractivity contribution < 1.29 is 5.11 Å². The molecule has 3 rings (SSSR count). The Kier molecular flexibility index (Phi) is 2.45. The second-order valence-electron chi connectivity index (χ2n) is 3.76. The van der Waals surface area contributed by atoms with E-state index in [9.17, 15) is 5.11 Å². The number of phenolic OH excluding ortho intramolecular Hbond substituents is 1. The van der Waals surface area contributed by atoms with Crippen LogP contribution in [0, 0.1) is 0 Å². The summed E-state index contributed by atoms with van der Waals surface area (Å²) < 4.78 is 0. The summed E-state index contributed by atoms with van der Waals surface area (Å²) >= 11 is 0. The van der Waals surface area contributed by atoms with Crippen LogP contribution < -0.4 is 0 Å². The highest BCUT2D eigenvalue weighted by Crippen LogP contribution is 2.25. The molecule has 0 amide bonds. The fourth-order valence-electron chi connectivity index (χ4n) is 1.69. The van der Waals surface area contributed by atoms with E-state index < -0.39 is 0 Å². The van der Waals surface area contributed by atoms with Gasteiger partial charge in [-0.25, -0.2) is 5.10 Å². The van der Waals surface area contributed by atoms with Crippen LogP contribution in [0.4, 0.5) is 0 Å². The molecule has 88 valence electrons. The molecule has 0 unspecified atom stereocenters. The van der Waals surface area contributed by atoms with E-state index in [1.165, 1.54) is 0 Å². The van der Waals surface area contributed by atoms with Gasteiger partial charge in [-0.3, -0.25) is 4.98 Å². The Morgan fingerprint density at radius 3 is 2.67 bits per heavy atom. The van der Waals surface area contributed by atoms with Crippen molar-refractivity contribution in [3.05, 3.63) is 42.7 Å². The molecule has 2 N–H and O–H groups in total. The number of hydrogen-bond donors (Lipinski definition) is 2. The van der Waals surface area contributed by atoms with E-state index in [0.29, 0.717) is 5.82 Å². The fraction of sp³-hybridized carbons (Fsp3) is 0. The molecule has 2 heterocycles. The van der Waals surface area contributed by atoms with Gasteiger partial charge in [0.25, 0.3) is 0 Å². The minimum Gasteiger partial charge on any atom is -0.508 e. The summed E-state index contributed by atoms with van der Waals surface area (Å²) in [5.41, 5.74) is 2.57. The zero-order valence-electron chi connectivity index (χ0n) is 9.28. The fourth-order valence-corrected chi connectivity index (χ4v) is 1.69. The molecule has 0 bridgehead atoms. The zero-order valence-corrected chi connectivity index (χ0v) is 9.28.